The number of aliphatic carboxylic acids is 1. The van der Waals surface area contributed by atoms with E-state index in [0.29, 0.717) is 5.02 Å². The Labute approximate surface area is 121 Å². The summed E-state index contributed by atoms with van der Waals surface area (Å²) in [5.74, 6) is -1.33. The van der Waals surface area contributed by atoms with Crippen molar-refractivity contribution in [3.05, 3.63) is 47.0 Å². The molecule has 0 aliphatic carbocycles. The van der Waals surface area contributed by atoms with Crippen molar-refractivity contribution < 1.29 is 9.90 Å². The SMILES string of the molecule is C[C@H](C(=O)O)c1ccc2c3cc(Cl)ccc3n(C)c2c1. The fraction of sp³-hybridized carbons (Fsp3) is 0.188. The molecule has 0 radical (unpaired) electrons. The minimum absolute atomic E-state index is 0.513. The molecule has 3 rings (SSSR count). The first-order chi connectivity index (χ1) is 9.49. The molecule has 1 atom stereocenters. The topological polar surface area (TPSA) is 42.2 Å². The number of aryl methyl sites for hydroxylation is 1. The molecule has 4 heteroatoms. The van der Waals surface area contributed by atoms with E-state index in [1.165, 1.54) is 0 Å². The molecule has 0 spiro atoms. The highest BCUT2D eigenvalue weighted by Gasteiger charge is 2.16. The van der Waals surface area contributed by atoms with Crippen LogP contribution < -0.4 is 0 Å². The predicted octanol–water partition coefficient (Wildman–Crippen LogP) is 4.17. The summed E-state index contributed by atoms with van der Waals surface area (Å²) in [6, 6.07) is 11.6. The van der Waals surface area contributed by atoms with Gasteiger partial charge in [-0.15, -0.1) is 0 Å². The van der Waals surface area contributed by atoms with Gasteiger partial charge in [-0.2, -0.15) is 0 Å². The Bertz CT molecular complexity index is 835. The van der Waals surface area contributed by atoms with Crippen LogP contribution in [0.5, 0.6) is 0 Å². The normalized spacial score (nSPS) is 12.9. The fourth-order valence-electron chi connectivity index (χ4n) is 2.61. The zero-order valence-corrected chi connectivity index (χ0v) is 12.0. The lowest BCUT2D eigenvalue weighted by Gasteiger charge is -2.07. The molecule has 0 saturated heterocycles. The third-order valence-corrected chi connectivity index (χ3v) is 4.10. The monoisotopic (exact) mass is 287 g/mol. The summed E-state index contributed by atoms with van der Waals surface area (Å²) in [6.07, 6.45) is 0. The average Bonchev–Trinajstić information content (AvgIpc) is 2.70. The molecule has 1 aromatic heterocycles. The number of carbonyl (C=O) groups is 1. The lowest BCUT2D eigenvalue weighted by atomic mass is 10.00. The Balaban J connectivity index is 2.33. The first-order valence-corrected chi connectivity index (χ1v) is 6.77. The van der Waals surface area contributed by atoms with E-state index in [0.717, 1.165) is 27.4 Å². The second-order valence-corrected chi connectivity index (χ2v) is 5.49. The van der Waals surface area contributed by atoms with Gasteiger partial charge in [0, 0.05) is 33.9 Å². The molecule has 1 N–H and O–H groups in total. The van der Waals surface area contributed by atoms with Gasteiger partial charge in [-0.25, -0.2) is 0 Å². The largest absolute Gasteiger partial charge is 0.481 e. The highest BCUT2D eigenvalue weighted by atomic mass is 35.5. The van der Waals surface area contributed by atoms with Gasteiger partial charge in [-0.3, -0.25) is 4.79 Å². The van der Waals surface area contributed by atoms with E-state index in [9.17, 15) is 4.79 Å². The minimum Gasteiger partial charge on any atom is -0.481 e. The number of benzene rings is 2. The molecular formula is C16H14ClNO2. The molecule has 3 nitrogen and oxygen atoms in total. The molecule has 0 aliphatic heterocycles. The molecule has 0 unspecified atom stereocenters. The van der Waals surface area contributed by atoms with E-state index < -0.39 is 11.9 Å². The molecule has 0 bridgehead atoms. The Kier molecular flexibility index (Phi) is 2.94. The Morgan fingerprint density at radius 3 is 2.60 bits per heavy atom. The number of carboxylic acids is 1. The van der Waals surface area contributed by atoms with Gasteiger partial charge in [0.1, 0.15) is 0 Å². The van der Waals surface area contributed by atoms with Crippen LogP contribution in [0.1, 0.15) is 18.4 Å². The fourth-order valence-corrected chi connectivity index (χ4v) is 2.78. The number of nitrogens with zero attached hydrogens (tertiary/aromatic N) is 1. The van der Waals surface area contributed by atoms with Crippen molar-refractivity contribution in [1.29, 1.82) is 0 Å². The maximum atomic E-state index is 11.1. The Morgan fingerprint density at radius 2 is 1.90 bits per heavy atom. The van der Waals surface area contributed by atoms with Crippen LogP contribution in [-0.2, 0) is 11.8 Å². The van der Waals surface area contributed by atoms with Gasteiger partial charge in [-0.05, 0) is 36.8 Å². The van der Waals surface area contributed by atoms with Crippen molar-refractivity contribution in [3.63, 3.8) is 0 Å². The number of hydrogen-bond acceptors (Lipinski definition) is 1. The van der Waals surface area contributed by atoms with Crippen LogP contribution in [0.25, 0.3) is 21.8 Å². The average molecular weight is 288 g/mol. The Morgan fingerprint density at radius 1 is 1.15 bits per heavy atom. The maximum absolute atomic E-state index is 11.1. The standard InChI is InChI=1S/C16H14ClNO2/c1-9(16(19)20)10-3-5-12-13-8-11(17)4-6-14(13)18(2)15(12)7-10/h3-9H,1-2H3,(H,19,20)/t9-/m0/s1. The second-order valence-electron chi connectivity index (χ2n) is 5.06. The number of aromatic nitrogens is 1. The van der Waals surface area contributed by atoms with Gasteiger partial charge < -0.3 is 9.67 Å². The van der Waals surface area contributed by atoms with Crippen molar-refractivity contribution in [2.24, 2.45) is 7.05 Å². The zero-order valence-electron chi connectivity index (χ0n) is 11.2. The highest BCUT2D eigenvalue weighted by Crippen LogP contribution is 2.32. The molecule has 1 heterocycles. The van der Waals surface area contributed by atoms with Gasteiger partial charge >= 0.3 is 5.97 Å². The van der Waals surface area contributed by atoms with Crippen LogP contribution in [0, 0.1) is 0 Å². The minimum atomic E-state index is -0.814. The van der Waals surface area contributed by atoms with E-state index in [1.54, 1.807) is 6.92 Å². The summed E-state index contributed by atoms with van der Waals surface area (Å²) in [7, 11) is 1.98. The number of fused-ring (bicyclic) bond motifs is 3. The van der Waals surface area contributed by atoms with Gasteiger partial charge in [0.2, 0.25) is 0 Å². The summed E-state index contributed by atoms with van der Waals surface area (Å²) >= 11 is 6.06. The first kappa shape index (κ1) is 13.0. The molecule has 0 aliphatic rings. The van der Waals surface area contributed by atoms with Crippen molar-refractivity contribution in [2.75, 3.05) is 0 Å². The van der Waals surface area contributed by atoms with Gasteiger partial charge in [0.05, 0.1) is 5.92 Å². The number of hydrogen-bond donors (Lipinski definition) is 1. The van der Waals surface area contributed by atoms with Gasteiger partial charge in [-0.1, -0.05) is 23.7 Å². The van der Waals surface area contributed by atoms with Gasteiger partial charge in [0.25, 0.3) is 0 Å². The molecule has 0 saturated carbocycles. The Hall–Kier alpha value is -2.00. The molecule has 102 valence electrons. The maximum Gasteiger partial charge on any atom is 0.310 e. The van der Waals surface area contributed by atoms with Crippen molar-refractivity contribution in [2.45, 2.75) is 12.8 Å². The van der Waals surface area contributed by atoms with Crippen LogP contribution >= 0.6 is 11.6 Å². The van der Waals surface area contributed by atoms with Crippen LogP contribution in [0.15, 0.2) is 36.4 Å². The molecule has 3 aromatic rings. The van der Waals surface area contributed by atoms with E-state index in [1.807, 2.05) is 43.4 Å². The zero-order chi connectivity index (χ0) is 14.4. The molecular weight excluding hydrogens is 274 g/mol. The van der Waals surface area contributed by atoms with E-state index in [2.05, 4.69) is 4.57 Å². The van der Waals surface area contributed by atoms with Crippen LogP contribution in [0.3, 0.4) is 0 Å². The van der Waals surface area contributed by atoms with Crippen molar-refractivity contribution in [1.82, 2.24) is 4.57 Å². The van der Waals surface area contributed by atoms with Crippen molar-refractivity contribution >= 4 is 39.4 Å². The van der Waals surface area contributed by atoms with Crippen molar-refractivity contribution in [3.8, 4) is 0 Å². The van der Waals surface area contributed by atoms with E-state index in [-0.39, 0.29) is 0 Å². The highest BCUT2D eigenvalue weighted by molar-refractivity contribution is 6.31. The first-order valence-electron chi connectivity index (χ1n) is 6.39. The summed E-state index contributed by atoms with van der Waals surface area (Å²) in [5.41, 5.74) is 2.92. The number of carboxylic acid groups (broad SMARTS) is 1. The smallest absolute Gasteiger partial charge is 0.310 e. The third-order valence-electron chi connectivity index (χ3n) is 3.86. The summed E-state index contributed by atoms with van der Waals surface area (Å²) in [6.45, 7) is 1.70. The van der Waals surface area contributed by atoms with Gasteiger partial charge in [0.15, 0.2) is 0 Å². The third kappa shape index (κ3) is 1.86. The van der Waals surface area contributed by atoms with Crippen LogP contribution in [0.2, 0.25) is 5.02 Å². The number of halogens is 1. The quantitative estimate of drug-likeness (QED) is 0.768. The van der Waals surface area contributed by atoms with E-state index >= 15 is 0 Å². The second kappa shape index (κ2) is 4.53. The molecule has 2 aromatic carbocycles. The van der Waals surface area contributed by atoms with Crippen LogP contribution in [0.4, 0.5) is 0 Å². The predicted molar refractivity (Wildman–Crippen MR) is 81.5 cm³/mol. The lowest BCUT2D eigenvalue weighted by molar-refractivity contribution is -0.138. The summed E-state index contributed by atoms with van der Waals surface area (Å²) in [4.78, 5) is 11.1. The number of rotatable bonds is 2. The summed E-state index contributed by atoms with van der Waals surface area (Å²) in [5, 5.41) is 12.0. The van der Waals surface area contributed by atoms with E-state index in [4.69, 9.17) is 16.7 Å². The molecule has 20 heavy (non-hydrogen) atoms. The molecule has 0 fully saturated rings. The summed E-state index contributed by atoms with van der Waals surface area (Å²) < 4.78 is 2.07. The van der Waals surface area contributed by atoms with Crippen LogP contribution in [-0.4, -0.2) is 15.6 Å². The molecule has 0 amide bonds. The lowest BCUT2D eigenvalue weighted by Crippen LogP contribution is -2.07.